The van der Waals surface area contributed by atoms with Crippen LogP contribution in [0.2, 0.25) is 0 Å². The number of rotatable bonds is 2. The van der Waals surface area contributed by atoms with Crippen molar-refractivity contribution in [2.75, 3.05) is 0 Å². The van der Waals surface area contributed by atoms with Gasteiger partial charge < -0.3 is 4.74 Å². The van der Waals surface area contributed by atoms with Crippen molar-refractivity contribution in [1.29, 1.82) is 0 Å². The zero-order chi connectivity index (χ0) is 17.7. The van der Waals surface area contributed by atoms with Crippen molar-refractivity contribution < 1.29 is 4.74 Å². The highest BCUT2D eigenvalue weighted by molar-refractivity contribution is 9.10. The Hall–Kier alpha value is -2.11. The van der Waals surface area contributed by atoms with Crippen LogP contribution in [-0.2, 0) is 0 Å². The SMILES string of the molecule is Cc1ccc(C2=NN3[C@H](C2)c2cc(Br)ccc2O[C@H]3c2cccs2)cc1. The molecule has 0 amide bonds. The maximum Gasteiger partial charge on any atom is 0.222 e. The van der Waals surface area contributed by atoms with Crippen LogP contribution < -0.4 is 4.74 Å². The van der Waals surface area contributed by atoms with Gasteiger partial charge in [0.1, 0.15) is 5.75 Å². The molecule has 0 fully saturated rings. The maximum absolute atomic E-state index is 6.36. The summed E-state index contributed by atoms with van der Waals surface area (Å²) in [5.41, 5.74) is 4.76. The Morgan fingerprint density at radius 1 is 1.15 bits per heavy atom. The average molecular weight is 425 g/mol. The minimum absolute atomic E-state index is 0.170. The van der Waals surface area contributed by atoms with Crippen LogP contribution >= 0.6 is 27.3 Å². The van der Waals surface area contributed by atoms with Gasteiger partial charge in [0, 0.05) is 16.5 Å². The lowest BCUT2D eigenvalue weighted by Gasteiger charge is -2.37. The van der Waals surface area contributed by atoms with Gasteiger partial charge in [-0.25, -0.2) is 5.01 Å². The van der Waals surface area contributed by atoms with E-state index in [0.29, 0.717) is 0 Å². The molecule has 3 aromatic rings. The lowest BCUT2D eigenvalue weighted by Crippen LogP contribution is -2.33. The number of hydrogen-bond donors (Lipinski definition) is 0. The molecule has 5 rings (SSSR count). The molecular formula is C21H17BrN2OS. The second kappa shape index (κ2) is 6.25. The predicted octanol–water partition coefficient (Wildman–Crippen LogP) is 6.06. The number of fused-ring (bicyclic) bond motifs is 3. The Morgan fingerprint density at radius 3 is 2.77 bits per heavy atom. The van der Waals surface area contributed by atoms with Gasteiger partial charge in [-0.2, -0.15) is 5.10 Å². The zero-order valence-electron chi connectivity index (χ0n) is 14.2. The number of ether oxygens (including phenoxy) is 1. The van der Waals surface area contributed by atoms with Crippen molar-refractivity contribution in [2.24, 2.45) is 5.10 Å². The second-order valence-corrected chi connectivity index (χ2v) is 8.58. The summed E-state index contributed by atoms with van der Waals surface area (Å²) in [6, 6.07) is 19.2. The number of halogens is 1. The number of hydrogen-bond acceptors (Lipinski definition) is 4. The fourth-order valence-electron chi connectivity index (χ4n) is 3.60. The van der Waals surface area contributed by atoms with E-state index in [9.17, 15) is 0 Å². The third kappa shape index (κ3) is 2.66. The van der Waals surface area contributed by atoms with Crippen molar-refractivity contribution in [3.63, 3.8) is 0 Å². The summed E-state index contributed by atoms with van der Waals surface area (Å²) in [7, 11) is 0. The first kappa shape index (κ1) is 16.1. The molecule has 3 nitrogen and oxygen atoms in total. The standard InChI is InChI=1S/C21H17BrN2OS/c1-13-4-6-14(7-5-13)17-12-18-16-11-15(22)8-9-19(16)25-21(24(18)23-17)20-3-2-10-26-20/h2-11,18,21H,12H2,1H3/t18-,21+/m1/s1. The maximum atomic E-state index is 6.36. The minimum Gasteiger partial charge on any atom is -0.464 e. The summed E-state index contributed by atoms with van der Waals surface area (Å²) in [5.74, 6) is 0.952. The van der Waals surface area contributed by atoms with Crippen molar-refractivity contribution in [2.45, 2.75) is 25.6 Å². The first-order valence-electron chi connectivity index (χ1n) is 8.61. The summed E-state index contributed by atoms with van der Waals surface area (Å²) < 4.78 is 7.42. The summed E-state index contributed by atoms with van der Waals surface area (Å²) in [4.78, 5) is 1.18. The zero-order valence-corrected chi connectivity index (χ0v) is 16.6. The molecule has 2 atom stereocenters. The van der Waals surface area contributed by atoms with Crippen LogP contribution in [0.5, 0.6) is 5.75 Å². The van der Waals surface area contributed by atoms with Gasteiger partial charge >= 0.3 is 0 Å². The van der Waals surface area contributed by atoms with E-state index in [1.54, 1.807) is 11.3 Å². The third-order valence-corrected chi connectivity index (χ3v) is 6.32. The fraction of sp³-hybridized carbons (Fsp3) is 0.190. The van der Waals surface area contributed by atoms with Gasteiger partial charge in [0.2, 0.25) is 6.23 Å². The Kier molecular flexibility index (Phi) is 3.87. The van der Waals surface area contributed by atoms with Crippen molar-refractivity contribution in [1.82, 2.24) is 5.01 Å². The quantitative estimate of drug-likeness (QED) is 0.499. The Balaban J connectivity index is 1.60. The topological polar surface area (TPSA) is 24.8 Å². The normalized spacial score (nSPS) is 21.0. The molecule has 3 heterocycles. The molecule has 0 N–H and O–H groups in total. The molecular weight excluding hydrogens is 408 g/mol. The molecule has 1 aromatic heterocycles. The Bertz CT molecular complexity index is 982. The van der Waals surface area contributed by atoms with Gasteiger partial charge in [-0.3, -0.25) is 0 Å². The van der Waals surface area contributed by atoms with Crippen LogP contribution in [0.15, 0.2) is 69.6 Å². The third-order valence-electron chi connectivity index (χ3n) is 4.92. The molecule has 2 aliphatic heterocycles. The van der Waals surface area contributed by atoms with Crippen LogP contribution in [-0.4, -0.2) is 10.7 Å². The van der Waals surface area contributed by atoms with E-state index in [1.165, 1.54) is 21.6 Å². The second-order valence-electron chi connectivity index (χ2n) is 6.68. The first-order chi connectivity index (χ1) is 12.7. The Labute approximate surface area is 165 Å². The highest BCUT2D eigenvalue weighted by atomic mass is 79.9. The van der Waals surface area contributed by atoms with Crippen LogP contribution in [0.3, 0.4) is 0 Å². The molecule has 5 heteroatoms. The van der Waals surface area contributed by atoms with Gasteiger partial charge in [0.15, 0.2) is 0 Å². The molecule has 2 aromatic carbocycles. The van der Waals surface area contributed by atoms with Crippen LogP contribution in [0, 0.1) is 6.92 Å². The van der Waals surface area contributed by atoms with E-state index in [-0.39, 0.29) is 12.3 Å². The van der Waals surface area contributed by atoms with Gasteiger partial charge in [-0.15, -0.1) is 11.3 Å². The largest absolute Gasteiger partial charge is 0.464 e. The van der Waals surface area contributed by atoms with E-state index < -0.39 is 0 Å². The van der Waals surface area contributed by atoms with Crippen LogP contribution in [0.1, 0.15) is 40.3 Å². The number of benzene rings is 2. The van der Waals surface area contributed by atoms with Crippen molar-refractivity contribution in [3.05, 3.63) is 86.0 Å². The van der Waals surface area contributed by atoms with Gasteiger partial charge in [-0.1, -0.05) is 51.8 Å². The van der Waals surface area contributed by atoms with E-state index in [2.05, 4.69) is 81.8 Å². The van der Waals surface area contributed by atoms with Crippen LogP contribution in [0.25, 0.3) is 0 Å². The number of aryl methyl sites for hydroxylation is 1. The van der Waals surface area contributed by atoms with Crippen molar-refractivity contribution in [3.8, 4) is 5.75 Å². The fourth-order valence-corrected chi connectivity index (χ4v) is 4.72. The lowest BCUT2D eigenvalue weighted by atomic mass is 9.96. The molecule has 2 aliphatic rings. The number of nitrogens with zero attached hydrogens (tertiary/aromatic N) is 2. The predicted molar refractivity (Wildman–Crippen MR) is 109 cm³/mol. The number of thiophene rings is 1. The van der Waals surface area contributed by atoms with Crippen molar-refractivity contribution >= 4 is 33.0 Å². The molecule has 0 saturated carbocycles. The molecule has 0 unspecified atom stereocenters. The van der Waals surface area contributed by atoms with Gasteiger partial charge in [0.05, 0.1) is 16.6 Å². The molecule has 0 aliphatic carbocycles. The summed E-state index contributed by atoms with van der Waals surface area (Å²) >= 11 is 5.31. The highest BCUT2D eigenvalue weighted by Gasteiger charge is 2.41. The van der Waals surface area contributed by atoms with E-state index >= 15 is 0 Å². The first-order valence-corrected chi connectivity index (χ1v) is 10.3. The van der Waals surface area contributed by atoms with E-state index in [0.717, 1.165) is 22.4 Å². The van der Waals surface area contributed by atoms with E-state index in [4.69, 9.17) is 9.84 Å². The van der Waals surface area contributed by atoms with E-state index in [1.807, 2.05) is 6.07 Å². The molecule has 130 valence electrons. The minimum atomic E-state index is -0.170. The molecule has 0 spiro atoms. The monoisotopic (exact) mass is 424 g/mol. The Morgan fingerprint density at radius 2 is 2.00 bits per heavy atom. The van der Waals surface area contributed by atoms with Gasteiger partial charge in [0.25, 0.3) is 0 Å². The smallest absolute Gasteiger partial charge is 0.222 e. The summed E-state index contributed by atoms with van der Waals surface area (Å²) in [5, 5.41) is 9.22. The molecule has 0 saturated heterocycles. The highest BCUT2D eigenvalue weighted by Crippen LogP contribution is 2.48. The molecule has 26 heavy (non-hydrogen) atoms. The van der Waals surface area contributed by atoms with Gasteiger partial charge in [-0.05, 0) is 42.1 Å². The average Bonchev–Trinajstić information content (AvgIpc) is 3.32. The summed E-state index contributed by atoms with van der Waals surface area (Å²) in [6.45, 7) is 2.11. The molecule has 0 bridgehead atoms. The molecule has 0 radical (unpaired) electrons. The van der Waals surface area contributed by atoms with Crippen LogP contribution in [0.4, 0.5) is 0 Å². The summed E-state index contributed by atoms with van der Waals surface area (Å²) in [6.07, 6.45) is 0.717. The lowest BCUT2D eigenvalue weighted by molar-refractivity contribution is -0.0166. The number of hydrazone groups is 1.